The number of hydrogen-bond donors (Lipinski definition) is 0. The zero-order valence-corrected chi connectivity index (χ0v) is 19.9. The van der Waals surface area contributed by atoms with Gasteiger partial charge in [-0.25, -0.2) is 14.0 Å². The van der Waals surface area contributed by atoms with Crippen molar-refractivity contribution in [1.82, 2.24) is 9.78 Å². The second-order valence-corrected chi connectivity index (χ2v) is 8.63. The standard InChI is InChI=1S/C27H20ClFN4O3/c1-2-7-21-22(26(35)33(30-21)19-12-10-18(29)11-13-19)23-24(31-14-4-3-5-15-31)27(36)32(25(23)34)20-9-6-8-17(28)16-20/h3-6,8-16H,2,7H2,1H3. The highest BCUT2D eigenvalue weighted by molar-refractivity contribution is 6.53. The van der Waals surface area contributed by atoms with Gasteiger partial charge in [-0.15, -0.1) is 0 Å². The quantitative estimate of drug-likeness (QED) is 0.295. The number of aromatic nitrogens is 3. The Hall–Kier alpha value is -4.30. The van der Waals surface area contributed by atoms with Crippen LogP contribution in [0, 0.1) is 5.82 Å². The molecule has 2 aromatic heterocycles. The second kappa shape index (κ2) is 9.39. The zero-order valence-electron chi connectivity index (χ0n) is 19.2. The van der Waals surface area contributed by atoms with E-state index in [-0.39, 0.29) is 22.5 Å². The minimum Gasteiger partial charge on any atom is -0.858 e. The number of halogens is 2. The fraction of sp³-hybridized carbons (Fsp3) is 0.111. The van der Waals surface area contributed by atoms with Crippen molar-refractivity contribution >= 4 is 40.4 Å². The van der Waals surface area contributed by atoms with E-state index in [1.165, 1.54) is 34.9 Å². The van der Waals surface area contributed by atoms with Crippen molar-refractivity contribution in [2.75, 3.05) is 4.90 Å². The van der Waals surface area contributed by atoms with Gasteiger partial charge in [0.1, 0.15) is 11.4 Å². The maximum absolute atomic E-state index is 13.9. The number of anilines is 1. The van der Waals surface area contributed by atoms with E-state index in [0.29, 0.717) is 29.2 Å². The Balaban J connectivity index is 1.76. The summed E-state index contributed by atoms with van der Waals surface area (Å²) in [6, 6.07) is 16.9. The first kappa shape index (κ1) is 23.4. The maximum Gasteiger partial charge on any atom is 0.331 e. The molecule has 36 heavy (non-hydrogen) atoms. The Bertz CT molecular complexity index is 1510. The summed E-state index contributed by atoms with van der Waals surface area (Å²) in [4.78, 5) is 28.6. The fourth-order valence-electron chi connectivity index (χ4n) is 4.25. The van der Waals surface area contributed by atoms with E-state index in [1.54, 1.807) is 48.8 Å². The minimum absolute atomic E-state index is 0.0358. The Morgan fingerprint density at radius 1 is 0.972 bits per heavy atom. The molecule has 2 amide bonds. The molecule has 7 nitrogen and oxygen atoms in total. The summed E-state index contributed by atoms with van der Waals surface area (Å²) in [6.45, 7) is 1.92. The van der Waals surface area contributed by atoms with Crippen LogP contribution in [0.5, 0.6) is 5.88 Å². The normalized spacial score (nSPS) is 13.7. The van der Waals surface area contributed by atoms with Crippen LogP contribution >= 0.6 is 11.6 Å². The first-order valence-corrected chi connectivity index (χ1v) is 11.7. The summed E-state index contributed by atoms with van der Waals surface area (Å²) in [5.41, 5.74) is 1.06. The predicted molar refractivity (Wildman–Crippen MR) is 131 cm³/mol. The van der Waals surface area contributed by atoms with E-state index in [1.807, 2.05) is 6.92 Å². The molecule has 9 heteroatoms. The fourth-order valence-corrected chi connectivity index (χ4v) is 4.43. The first-order valence-electron chi connectivity index (χ1n) is 11.3. The molecule has 0 atom stereocenters. The molecule has 0 unspecified atom stereocenters. The summed E-state index contributed by atoms with van der Waals surface area (Å²) in [7, 11) is 0. The van der Waals surface area contributed by atoms with E-state index in [9.17, 15) is 19.1 Å². The third kappa shape index (κ3) is 3.95. The van der Waals surface area contributed by atoms with Crippen molar-refractivity contribution in [2.24, 2.45) is 0 Å². The molecule has 4 aromatic rings. The zero-order chi connectivity index (χ0) is 25.4. The summed E-state index contributed by atoms with van der Waals surface area (Å²) < 4.78 is 16.2. The van der Waals surface area contributed by atoms with Crippen LogP contribution in [0.4, 0.5) is 10.1 Å². The van der Waals surface area contributed by atoms with Crippen LogP contribution in [-0.4, -0.2) is 21.6 Å². The number of pyridine rings is 1. The molecule has 5 rings (SSSR count). The predicted octanol–water partition coefficient (Wildman–Crippen LogP) is 3.92. The van der Waals surface area contributed by atoms with Crippen LogP contribution < -0.4 is 14.6 Å². The lowest BCUT2D eigenvalue weighted by Crippen LogP contribution is -2.39. The molecule has 0 bridgehead atoms. The lowest BCUT2D eigenvalue weighted by Gasteiger charge is -2.16. The Kier molecular flexibility index (Phi) is 6.12. The van der Waals surface area contributed by atoms with Gasteiger partial charge in [-0.1, -0.05) is 37.1 Å². The average molecular weight is 503 g/mol. The number of carbonyl (C=O) groups is 2. The highest BCUT2D eigenvalue weighted by Gasteiger charge is 2.47. The van der Waals surface area contributed by atoms with Crippen molar-refractivity contribution in [1.29, 1.82) is 0 Å². The van der Waals surface area contributed by atoms with Crippen LogP contribution in [0.15, 0.2) is 79.1 Å². The summed E-state index contributed by atoms with van der Waals surface area (Å²) >= 11 is 6.14. The number of hydrogen-bond acceptors (Lipinski definition) is 4. The van der Waals surface area contributed by atoms with Gasteiger partial charge in [-0.3, -0.25) is 9.59 Å². The van der Waals surface area contributed by atoms with Gasteiger partial charge in [0.2, 0.25) is 0 Å². The number of imide groups is 1. The van der Waals surface area contributed by atoms with Crippen molar-refractivity contribution in [3.05, 3.63) is 101 Å². The second-order valence-electron chi connectivity index (χ2n) is 8.20. The highest BCUT2D eigenvalue weighted by atomic mass is 35.5. The van der Waals surface area contributed by atoms with Crippen LogP contribution in [0.25, 0.3) is 17.0 Å². The molecule has 0 radical (unpaired) electrons. The summed E-state index contributed by atoms with van der Waals surface area (Å²) in [5.74, 6) is -2.26. The van der Waals surface area contributed by atoms with Gasteiger partial charge in [0.15, 0.2) is 12.4 Å². The molecule has 3 heterocycles. The largest absolute Gasteiger partial charge is 0.858 e. The number of nitrogens with zero attached hydrogens (tertiary/aromatic N) is 4. The maximum atomic E-state index is 13.9. The van der Waals surface area contributed by atoms with Gasteiger partial charge in [0.25, 0.3) is 11.6 Å². The molecule has 0 N–H and O–H groups in total. The molecule has 1 aliphatic rings. The Labute approximate surface area is 211 Å². The van der Waals surface area contributed by atoms with Gasteiger partial charge < -0.3 is 5.11 Å². The van der Waals surface area contributed by atoms with E-state index >= 15 is 0 Å². The third-order valence-electron chi connectivity index (χ3n) is 5.82. The lowest BCUT2D eigenvalue weighted by molar-refractivity contribution is -0.576. The molecule has 0 fully saturated rings. The topological polar surface area (TPSA) is 82.1 Å². The number of benzene rings is 2. The van der Waals surface area contributed by atoms with E-state index < -0.39 is 23.5 Å². The van der Waals surface area contributed by atoms with Gasteiger partial charge in [0, 0.05) is 22.7 Å². The monoisotopic (exact) mass is 502 g/mol. The highest BCUT2D eigenvalue weighted by Crippen LogP contribution is 2.39. The molecule has 0 aliphatic carbocycles. The molecular formula is C27H20ClFN4O3. The van der Waals surface area contributed by atoms with Crippen molar-refractivity contribution in [2.45, 2.75) is 19.8 Å². The van der Waals surface area contributed by atoms with E-state index in [0.717, 1.165) is 9.58 Å². The van der Waals surface area contributed by atoms with Gasteiger partial charge in [-0.2, -0.15) is 9.67 Å². The molecule has 2 aromatic carbocycles. The van der Waals surface area contributed by atoms with E-state index in [2.05, 4.69) is 5.10 Å². The van der Waals surface area contributed by atoms with Crippen LogP contribution in [0.3, 0.4) is 0 Å². The van der Waals surface area contributed by atoms with Gasteiger partial charge in [0.05, 0.1) is 17.1 Å². The molecular weight excluding hydrogens is 483 g/mol. The summed E-state index contributed by atoms with van der Waals surface area (Å²) in [6.07, 6.45) is 4.31. The summed E-state index contributed by atoms with van der Waals surface area (Å²) in [5, 5.41) is 18.6. The van der Waals surface area contributed by atoms with Gasteiger partial charge >= 0.3 is 5.91 Å². The van der Waals surface area contributed by atoms with Crippen molar-refractivity contribution in [3.8, 4) is 11.6 Å². The minimum atomic E-state index is -0.651. The number of carbonyl (C=O) groups excluding carboxylic acids is 2. The molecule has 180 valence electrons. The Morgan fingerprint density at radius 2 is 1.69 bits per heavy atom. The van der Waals surface area contributed by atoms with Crippen LogP contribution in [0.1, 0.15) is 24.6 Å². The van der Waals surface area contributed by atoms with Crippen molar-refractivity contribution in [3.63, 3.8) is 0 Å². The van der Waals surface area contributed by atoms with Crippen molar-refractivity contribution < 1.29 is 23.7 Å². The van der Waals surface area contributed by atoms with Crippen LogP contribution in [-0.2, 0) is 16.0 Å². The first-order chi connectivity index (χ1) is 17.4. The van der Waals surface area contributed by atoms with Gasteiger partial charge in [-0.05, 0) is 54.8 Å². The molecule has 0 saturated carbocycles. The van der Waals surface area contributed by atoms with Crippen LogP contribution in [0.2, 0.25) is 5.02 Å². The molecule has 0 spiro atoms. The number of rotatable bonds is 6. The molecule has 0 saturated heterocycles. The third-order valence-corrected chi connectivity index (χ3v) is 6.06. The smallest absolute Gasteiger partial charge is 0.331 e. The SMILES string of the molecule is CCCc1nn(-c2ccc(F)cc2)c([O-])c1C1=C([n+]2ccccc2)C(=O)N(c2cccc(Cl)c2)C1=O. The van der Waals surface area contributed by atoms with E-state index in [4.69, 9.17) is 11.6 Å². The number of amides is 2. The lowest BCUT2D eigenvalue weighted by atomic mass is 10.0. The average Bonchev–Trinajstić information content (AvgIpc) is 3.32. The Morgan fingerprint density at radius 3 is 2.36 bits per heavy atom. The molecule has 1 aliphatic heterocycles. The number of aryl methyl sites for hydroxylation is 1.